The summed E-state index contributed by atoms with van der Waals surface area (Å²) < 4.78 is 27.3. The number of hydrogen-bond acceptors (Lipinski definition) is 2. The molecule has 0 spiro atoms. The van der Waals surface area contributed by atoms with Gasteiger partial charge in [-0.05, 0) is 31.2 Å². The third-order valence-corrected chi connectivity index (χ3v) is 2.93. The second kappa shape index (κ2) is 5.89. The van der Waals surface area contributed by atoms with E-state index in [1.807, 2.05) is 13.8 Å². The quantitative estimate of drug-likeness (QED) is 0.913. The van der Waals surface area contributed by atoms with Gasteiger partial charge in [0.25, 0.3) is 0 Å². The van der Waals surface area contributed by atoms with Gasteiger partial charge in [-0.1, -0.05) is 24.6 Å². The van der Waals surface area contributed by atoms with Crippen LogP contribution in [0, 0.1) is 18.6 Å². The Morgan fingerprint density at radius 1 is 1.21 bits per heavy atom. The standard InChI is InChI=1S/C15H16F2N2/c1-3-19-15(11-7-12(16)9-18-8-11)13-6-10(2)4-5-14(13)17/h4-9,15,19H,3H2,1-2H3. The second-order valence-corrected chi connectivity index (χ2v) is 4.45. The number of nitrogens with zero attached hydrogens (tertiary/aromatic N) is 1. The molecule has 0 aliphatic heterocycles. The molecule has 1 unspecified atom stereocenters. The number of aromatic nitrogens is 1. The van der Waals surface area contributed by atoms with Crippen LogP contribution in [-0.4, -0.2) is 11.5 Å². The van der Waals surface area contributed by atoms with Crippen molar-refractivity contribution >= 4 is 0 Å². The summed E-state index contributed by atoms with van der Waals surface area (Å²) in [7, 11) is 0. The molecule has 1 aromatic carbocycles. The zero-order chi connectivity index (χ0) is 13.8. The van der Waals surface area contributed by atoms with Gasteiger partial charge in [-0.3, -0.25) is 4.98 Å². The number of halogens is 2. The predicted molar refractivity (Wildman–Crippen MR) is 70.9 cm³/mol. The van der Waals surface area contributed by atoms with Crippen LogP contribution in [0.1, 0.15) is 29.7 Å². The van der Waals surface area contributed by atoms with Gasteiger partial charge >= 0.3 is 0 Å². The molecule has 0 aliphatic carbocycles. The number of rotatable bonds is 4. The van der Waals surface area contributed by atoms with Crippen molar-refractivity contribution < 1.29 is 8.78 Å². The van der Waals surface area contributed by atoms with Crippen LogP contribution in [0.4, 0.5) is 8.78 Å². The minimum absolute atomic E-state index is 0.305. The van der Waals surface area contributed by atoms with E-state index in [1.165, 1.54) is 12.1 Å². The van der Waals surface area contributed by atoms with Gasteiger partial charge in [-0.25, -0.2) is 8.78 Å². The monoisotopic (exact) mass is 262 g/mol. The predicted octanol–water partition coefficient (Wildman–Crippen LogP) is 3.37. The summed E-state index contributed by atoms with van der Waals surface area (Å²) in [6, 6.07) is 5.90. The second-order valence-electron chi connectivity index (χ2n) is 4.45. The lowest BCUT2D eigenvalue weighted by Crippen LogP contribution is -2.23. The zero-order valence-electron chi connectivity index (χ0n) is 11.0. The fourth-order valence-electron chi connectivity index (χ4n) is 2.08. The van der Waals surface area contributed by atoms with Gasteiger partial charge in [0.05, 0.1) is 12.2 Å². The third-order valence-electron chi connectivity index (χ3n) is 2.93. The summed E-state index contributed by atoms with van der Waals surface area (Å²) in [6.07, 6.45) is 2.69. The smallest absolute Gasteiger partial charge is 0.141 e. The van der Waals surface area contributed by atoms with Gasteiger partial charge in [0.1, 0.15) is 11.6 Å². The van der Waals surface area contributed by atoms with E-state index in [0.29, 0.717) is 17.7 Å². The number of pyridine rings is 1. The Kier molecular flexibility index (Phi) is 4.22. The number of benzene rings is 1. The Hall–Kier alpha value is -1.81. The first-order valence-corrected chi connectivity index (χ1v) is 6.21. The van der Waals surface area contributed by atoms with Gasteiger partial charge in [0.2, 0.25) is 0 Å². The van der Waals surface area contributed by atoms with E-state index in [-0.39, 0.29) is 5.82 Å². The van der Waals surface area contributed by atoms with E-state index in [4.69, 9.17) is 0 Å². The van der Waals surface area contributed by atoms with Gasteiger partial charge in [0, 0.05) is 11.8 Å². The van der Waals surface area contributed by atoms with Crippen LogP contribution in [0.15, 0.2) is 36.7 Å². The molecule has 0 fully saturated rings. The van der Waals surface area contributed by atoms with Crippen LogP contribution in [-0.2, 0) is 0 Å². The van der Waals surface area contributed by atoms with Crippen molar-refractivity contribution in [3.8, 4) is 0 Å². The van der Waals surface area contributed by atoms with Crippen molar-refractivity contribution in [2.24, 2.45) is 0 Å². The summed E-state index contributed by atoms with van der Waals surface area (Å²) in [4.78, 5) is 3.83. The average Bonchev–Trinajstić information content (AvgIpc) is 2.39. The first kappa shape index (κ1) is 13.6. The molecule has 2 nitrogen and oxygen atoms in total. The van der Waals surface area contributed by atoms with Crippen LogP contribution in [0.5, 0.6) is 0 Å². The van der Waals surface area contributed by atoms with Crippen molar-refractivity contribution in [2.75, 3.05) is 6.54 Å². The summed E-state index contributed by atoms with van der Waals surface area (Å²) in [5, 5.41) is 3.16. The van der Waals surface area contributed by atoms with Gasteiger partial charge in [-0.15, -0.1) is 0 Å². The molecule has 1 heterocycles. The molecule has 100 valence electrons. The molecule has 0 saturated heterocycles. The van der Waals surface area contributed by atoms with Crippen LogP contribution in [0.25, 0.3) is 0 Å². The Bertz CT molecular complexity index is 570. The summed E-state index contributed by atoms with van der Waals surface area (Å²) >= 11 is 0. The maximum atomic E-state index is 14.0. The lowest BCUT2D eigenvalue weighted by atomic mass is 9.98. The molecule has 0 amide bonds. The van der Waals surface area contributed by atoms with Gasteiger partial charge < -0.3 is 5.32 Å². The van der Waals surface area contributed by atoms with Crippen molar-refractivity contribution in [3.63, 3.8) is 0 Å². The van der Waals surface area contributed by atoms with Crippen LogP contribution >= 0.6 is 0 Å². The molecule has 19 heavy (non-hydrogen) atoms. The topological polar surface area (TPSA) is 24.9 Å². The average molecular weight is 262 g/mol. The molecular formula is C15H16F2N2. The summed E-state index contributed by atoms with van der Waals surface area (Å²) in [5.74, 6) is -0.728. The minimum atomic E-state index is -0.423. The molecular weight excluding hydrogens is 246 g/mol. The highest BCUT2D eigenvalue weighted by molar-refractivity contribution is 5.34. The van der Waals surface area contributed by atoms with E-state index in [2.05, 4.69) is 10.3 Å². The maximum absolute atomic E-state index is 14.0. The number of aryl methyl sites for hydroxylation is 1. The zero-order valence-corrected chi connectivity index (χ0v) is 11.0. The molecule has 4 heteroatoms. The molecule has 2 rings (SSSR count). The molecule has 1 atom stereocenters. The third kappa shape index (κ3) is 3.15. The van der Waals surface area contributed by atoms with Crippen LogP contribution in [0.2, 0.25) is 0 Å². The molecule has 0 bridgehead atoms. The maximum Gasteiger partial charge on any atom is 0.141 e. The van der Waals surface area contributed by atoms with Crippen molar-refractivity contribution in [2.45, 2.75) is 19.9 Å². The molecule has 0 saturated carbocycles. The van der Waals surface area contributed by atoms with E-state index < -0.39 is 11.9 Å². The summed E-state index contributed by atoms with van der Waals surface area (Å²) in [6.45, 7) is 4.47. The normalized spacial score (nSPS) is 12.4. The minimum Gasteiger partial charge on any atom is -0.306 e. The Morgan fingerprint density at radius 3 is 2.68 bits per heavy atom. The van der Waals surface area contributed by atoms with Crippen molar-refractivity contribution in [1.29, 1.82) is 0 Å². The Balaban J connectivity index is 2.48. The largest absolute Gasteiger partial charge is 0.306 e. The van der Waals surface area contributed by atoms with E-state index in [1.54, 1.807) is 18.3 Å². The van der Waals surface area contributed by atoms with E-state index in [9.17, 15) is 8.78 Å². The number of nitrogens with one attached hydrogen (secondary N) is 1. The fraction of sp³-hybridized carbons (Fsp3) is 0.267. The lowest BCUT2D eigenvalue weighted by molar-refractivity contribution is 0.552. The SMILES string of the molecule is CCNC(c1cncc(F)c1)c1cc(C)ccc1F. The van der Waals surface area contributed by atoms with E-state index >= 15 is 0 Å². The fourth-order valence-corrected chi connectivity index (χ4v) is 2.08. The summed E-state index contributed by atoms with van der Waals surface area (Å²) in [5.41, 5.74) is 2.09. The molecule has 0 aliphatic rings. The van der Waals surface area contributed by atoms with Crippen LogP contribution < -0.4 is 5.32 Å². The highest BCUT2D eigenvalue weighted by atomic mass is 19.1. The molecule has 1 aromatic heterocycles. The Morgan fingerprint density at radius 2 is 2.00 bits per heavy atom. The highest BCUT2D eigenvalue weighted by Gasteiger charge is 2.18. The molecule has 0 radical (unpaired) electrons. The van der Waals surface area contributed by atoms with Crippen molar-refractivity contribution in [3.05, 3.63) is 65.0 Å². The molecule has 1 N–H and O–H groups in total. The first-order valence-electron chi connectivity index (χ1n) is 6.21. The van der Waals surface area contributed by atoms with Crippen molar-refractivity contribution in [1.82, 2.24) is 10.3 Å². The van der Waals surface area contributed by atoms with Gasteiger partial charge in [-0.2, -0.15) is 0 Å². The molecule has 2 aromatic rings. The highest BCUT2D eigenvalue weighted by Crippen LogP contribution is 2.25. The Labute approximate surface area is 111 Å². The lowest BCUT2D eigenvalue weighted by Gasteiger charge is -2.19. The number of hydrogen-bond donors (Lipinski definition) is 1. The first-order chi connectivity index (χ1) is 9.11. The van der Waals surface area contributed by atoms with E-state index in [0.717, 1.165) is 11.8 Å². The van der Waals surface area contributed by atoms with Gasteiger partial charge in [0.15, 0.2) is 0 Å². The van der Waals surface area contributed by atoms with Crippen LogP contribution in [0.3, 0.4) is 0 Å².